The summed E-state index contributed by atoms with van der Waals surface area (Å²) in [6.45, 7) is 6.06. The van der Waals surface area contributed by atoms with Gasteiger partial charge in [0.2, 0.25) is 0 Å². The molecule has 128 valence electrons. The van der Waals surface area contributed by atoms with E-state index in [9.17, 15) is 9.59 Å². The van der Waals surface area contributed by atoms with Crippen molar-refractivity contribution < 1.29 is 14.3 Å². The third-order valence-corrected chi connectivity index (χ3v) is 3.75. The predicted molar refractivity (Wildman–Crippen MR) is 93.3 cm³/mol. The van der Waals surface area contributed by atoms with Crippen molar-refractivity contribution in [1.29, 1.82) is 0 Å². The molecule has 0 aromatic heterocycles. The quantitative estimate of drug-likeness (QED) is 0.809. The molecule has 6 heteroatoms. The van der Waals surface area contributed by atoms with E-state index in [1.807, 2.05) is 18.2 Å². The second-order valence-electron chi connectivity index (χ2n) is 6.02. The smallest absolute Gasteiger partial charge is 0.307 e. The molecule has 0 fully saturated rings. The highest BCUT2D eigenvalue weighted by Crippen LogP contribution is 2.23. The number of fused-ring (bicyclic) bond motifs is 1. The van der Waals surface area contributed by atoms with Crippen molar-refractivity contribution in [3.05, 3.63) is 29.3 Å². The van der Waals surface area contributed by atoms with Gasteiger partial charge in [-0.15, -0.1) is 12.4 Å². The van der Waals surface area contributed by atoms with E-state index in [1.54, 1.807) is 4.90 Å². The summed E-state index contributed by atoms with van der Waals surface area (Å²) in [5.41, 5.74) is 2.98. The molecule has 23 heavy (non-hydrogen) atoms. The van der Waals surface area contributed by atoms with E-state index < -0.39 is 0 Å². The van der Waals surface area contributed by atoms with Gasteiger partial charge in [-0.05, 0) is 36.1 Å². The summed E-state index contributed by atoms with van der Waals surface area (Å²) in [6.07, 6.45) is 1.17. The zero-order valence-corrected chi connectivity index (χ0v) is 14.7. The van der Waals surface area contributed by atoms with Gasteiger partial charge in [-0.25, -0.2) is 0 Å². The summed E-state index contributed by atoms with van der Waals surface area (Å²) in [5.74, 6) is 0.0321. The van der Waals surface area contributed by atoms with Gasteiger partial charge in [0.1, 0.15) is 0 Å². The zero-order valence-electron chi connectivity index (χ0n) is 13.9. The lowest BCUT2D eigenvalue weighted by Gasteiger charge is -2.24. The molecule has 2 rings (SSSR count). The standard InChI is InChI=1S/C17H24N2O3.ClH/c1-12(2)11-19(9-7-16(20)22-3)17(21)14-4-5-15-13(10-14)6-8-18-15;/h4-5,10,12,18H,6-9,11H2,1-3H3;1H. The van der Waals surface area contributed by atoms with E-state index in [0.717, 1.165) is 18.7 Å². The highest BCUT2D eigenvalue weighted by Gasteiger charge is 2.20. The average Bonchev–Trinajstić information content (AvgIpc) is 2.97. The first-order valence-electron chi connectivity index (χ1n) is 7.74. The molecule has 1 heterocycles. The average molecular weight is 341 g/mol. The Kier molecular flexibility index (Phi) is 7.36. The molecule has 1 N–H and O–H groups in total. The van der Waals surface area contributed by atoms with Crippen LogP contribution in [0.25, 0.3) is 0 Å². The minimum Gasteiger partial charge on any atom is -0.469 e. The van der Waals surface area contributed by atoms with Crippen molar-refractivity contribution in [2.24, 2.45) is 5.92 Å². The highest BCUT2D eigenvalue weighted by molar-refractivity contribution is 5.95. The topological polar surface area (TPSA) is 58.6 Å². The second kappa shape index (κ2) is 8.77. The van der Waals surface area contributed by atoms with Gasteiger partial charge in [0.05, 0.1) is 13.5 Å². The Morgan fingerprint density at radius 1 is 1.35 bits per heavy atom. The molecule has 0 aliphatic carbocycles. The summed E-state index contributed by atoms with van der Waals surface area (Å²) in [6, 6.07) is 5.78. The Balaban J connectivity index is 0.00000264. The van der Waals surface area contributed by atoms with E-state index in [0.29, 0.717) is 24.6 Å². The fourth-order valence-electron chi connectivity index (χ4n) is 2.67. The van der Waals surface area contributed by atoms with Gasteiger partial charge in [-0.2, -0.15) is 0 Å². The second-order valence-corrected chi connectivity index (χ2v) is 6.02. The van der Waals surface area contributed by atoms with Gasteiger partial charge in [-0.1, -0.05) is 13.8 Å². The van der Waals surface area contributed by atoms with Crippen LogP contribution in [0.3, 0.4) is 0 Å². The Morgan fingerprint density at radius 3 is 2.74 bits per heavy atom. The summed E-state index contributed by atoms with van der Waals surface area (Å²) < 4.78 is 4.67. The molecule has 0 spiro atoms. The number of rotatable bonds is 6. The number of nitrogens with one attached hydrogen (secondary N) is 1. The number of hydrogen-bond acceptors (Lipinski definition) is 4. The molecular formula is C17H25ClN2O3. The Bertz CT molecular complexity index is 561. The minimum absolute atomic E-state index is 0. The van der Waals surface area contributed by atoms with Gasteiger partial charge in [0.25, 0.3) is 5.91 Å². The molecule has 0 saturated carbocycles. The lowest BCUT2D eigenvalue weighted by atomic mass is 10.1. The van der Waals surface area contributed by atoms with Gasteiger partial charge in [0, 0.05) is 30.9 Å². The van der Waals surface area contributed by atoms with Crippen LogP contribution in [0.2, 0.25) is 0 Å². The van der Waals surface area contributed by atoms with E-state index in [-0.39, 0.29) is 30.7 Å². The first-order chi connectivity index (χ1) is 10.5. The van der Waals surface area contributed by atoms with Crippen molar-refractivity contribution in [2.45, 2.75) is 26.7 Å². The first kappa shape index (κ1) is 19.3. The zero-order chi connectivity index (χ0) is 16.1. The number of anilines is 1. The molecule has 1 aromatic carbocycles. The van der Waals surface area contributed by atoms with Crippen LogP contribution in [0.4, 0.5) is 5.69 Å². The lowest BCUT2D eigenvalue weighted by molar-refractivity contribution is -0.140. The van der Waals surface area contributed by atoms with Crippen molar-refractivity contribution >= 4 is 30.0 Å². The van der Waals surface area contributed by atoms with Gasteiger partial charge in [0.15, 0.2) is 0 Å². The van der Waals surface area contributed by atoms with Crippen LogP contribution < -0.4 is 5.32 Å². The summed E-state index contributed by atoms with van der Waals surface area (Å²) in [5, 5.41) is 3.29. The fraction of sp³-hybridized carbons (Fsp3) is 0.529. The minimum atomic E-state index is -0.292. The van der Waals surface area contributed by atoms with Crippen LogP contribution in [0, 0.1) is 5.92 Å². The van der Waals surface area contributed by atoms with E-state index in [4.69, 9.17) is 0 Å². The number of benzene rings is 1. The molecule has 0 saturated heterocycles. The van der Waals surface area contributed by atoms with E-state index in [2.05, 4.69) is 23.9 Å². The maximum atomic E-state index is 12.7. The molecule has 0 bridgehead atoms. The van der Waals surface area contributed by atoms with Crippen molar-refractivity contribution in [1.82, 2.24) is 4.90 Å². The van der Waals surface area contributed by atoms with Crippen LogP contribution in [0.1, 0.15) is 36.2 Å². The number of hydrogen-bond donors (Lipinski definition) is 1. The van der Waals surface area contributed by atoms with Crippen LogP contribution >= 0.6 is 12.4 Å². The summed E-state index contributed by atoms with van der Waals surface area (Å²) in [4.78, 5) is 25.8. The normalized spacial score (nSPS) is 12.2. The molecule has 1 aromatic rings. The van der Waals surface area contributed by atoms with Crippen molar-refractivity contribution in [2.75, 3.05) is 32.1 Å². The fourth-order valence-corrected chi connectivity index (χ4v) is 2.67. The maximum absolute atomic E-state index is 12.7. The monoisotopic (exact) mass is 340 g/mol. The third kappa shape index (κ3) is 5.13. The molecule has 1 aliphatic heterocycles. The van der Waals surface area contributed by atoms with E-state index >= 15 is 0 Å². The number of halogens is 1. The number of ether oxygens (including phenoxy) is 1. The van der Waals surface area contributed by atoms with Gasteiger partial charge in [-0.3, -0.25) is 9.59 Å². The molecule has 0 radical (unpaired) electrons. The lowest BCUT2D eigenvalue weighted by Crippen LogP contribution is -2.36. The number of methoxy groups -OCH3 is 1. The van der Waals surface area contributed by atoms with Gasteiger partial charge >= 0.3 is 5.97 Å². The predicted octanol–water partition coefficient (Wildman–Crippen LogP) is 2.74. The van der Waals surface area contributed by atoms with Crippen molar-refractivity contribution in [3.8, 4) is 0 Å². The van der Waals surface area contributed by atoms with Crippen LogP contribution in [0.15, 0.2) is 18.2 Å². The first-order valence-corrected chi connectivity index (χ1v) is 7.74. The van der Waals surface area contributed by atoms with Crippen LogP contribution in [0.5, 0.6) is 0 Å². The Hall–Kier alpha value is -1.75. The number of nitrogens with zero attached hydrogens (tertiary/aromatic N) is 1. The number of carbonyl (C=O) groups is 2. The van der Waals surface area contributed by atoms with E-state index in [1.165, 1.54) is 12.7 Å². The molecule has 5 nitrogen and oxygen atoms in total. The Morgan fingerprint density at radius 2 is 2.09 bits per heavy atom. The third-order valence-electron chi connectivity index (χ3n) is 3.75. The Labute approximate surface area is 143 Å². The summed E-state index contributed by atoms with van der Waals surface area (Å²) in [7, 11) is 1.37. The maximum Gasteiger partial charge on any atom is 0.307 e. The molecule has 1 amide bonds. The number of esters is 1. The number of carbonyl (C=O) groups excluding carboxylic acids is 2. The number of amides is 1. The summed E-state index contributed by atoms with van der Waals surface area (Å²) >= 11 is 0. The van der Waals surface area contributed by atoms with Crippen molar-refractivity contribution in [3.63, 3.8) is 0 Å². The molecule has 0 unspecified atom stereocenters. The molecule has 1 aliphatic rings. The largest absolute Gasteiger partial charge is 0.469 e. The molecular weight excluding hydrogens is 316 g/mol. The van der Waals surface area contributed by atoms with Crippen LogP contribution in [-0.2, 0) is 16.0 Å². The highest BCUT2D eigenvalue weighted by atomic mass is 35.5. The SMILES string of the molecule is COC(=O)CCN(CC(C)C)C(=O)c1ccc2c(c1)CCN2.Cl. The van der Waals surface area contributed by atoms with Gasteiger partial charge < -0.3 is 15.0 Å². The van der Waals surface area contributed by atoms with Crippen LogP contribution in [-0.4, -0.2) is 43.5 Å². The molecule has 0 atom stereocenters.